The van der Waals surface area contributed by atoms with Gasteiger partial charge in [-0.15, -0.1) is 0 Å². The van der Waals surface area contributed by atoms with Gasteiger partial charge in [0, 0.05) is 18.2 Å². The molecule has 18 heavy (non-hydrogen) atoms. The van der Waals surface area contributed by atoms with Gasteiger partial charge in [-0.2, -0.15) is 0 Å². The van der Waals surface area contributed by atoms with E-state index in [0.29, 0.717) is 5.92 Å². The van der Waals surface area contributed by atoms with Gasteiger partial charge < -0.3 is 10.0 Å². The van der Waals surface area contributed by atoms with Crippen molar-refractivity contribution in [3.05, 3.63) is 35.4 Å². The van der Waals surface area contributed by atoms with E-state index >= 15 is 0 Å². The van der Waals surface area contributed by atoms with Crippen molar-refractivity contribution >= 4 is 0 Å². The molecule has 1 N–H and O–H groups in total. The van der Waals surface area contributed by atoms with Crippen LogP contribution in [0.3, 0.4) is 0 Å². The van der Waals surface area contributed by atoms with Crippen LogP contribution in [0.5, 0.6) is 0 Å². The van der Waals surface area contributed by atoms with E-state index in [1.807, 2.05) is 18.9 Å². The second kappa shape index (κ2) is 6.25. The van der Waals surface area contributed by atoms with Crippen LogP contribution in [0.25, 0.3) is 0 Å². The van der Waals surface area contributed by atoms with E-state index in [9.17, 15) is 13.9 Å². The number of halogens is 2. The van der Waals surface area contributed by atoms with Gasteiger partial charge in [-0.1, -0.05) is 26.0 Å². The van der Waals surface area contributed by atoms with Crippen LogP contribution in [0, 0.1) is 17.6 Å². The van der Waals surface area contributed by atoms with Crippen molar-refractivity contribution in [3.8, 4) is 0 Å². The molecule has 0 amide bonds. The molecule has 0 heterocycles. The van der Waals surface area contributed by atoms with Crippen molar-refractivity contribution in [1.82, 2.24) is 4.90 Å². The topological polar surface area (TPSA) is 23.5 Å². The number of rotatable bonds is 5. The van der Waals surface area contributed by atoms with Crippen LogP contribution < -0.4 is 0 Å². The summed E-state index contributed by atoms with van der Waals surface area (Å²) in [7, 11) is 1.87. The minimum Gasteiger partial charge on any atom is -0.387 e. The zero-order valence-electron chi connectivity index (χ0n) is 11.3. The Hall–Kier alpha value is -1.00. The third-order valence-electron chi connectivity index (χ3n) is 3.46. The van der Waals surface area contributed by atoms with E-state index in [-0.39, 0.29) is 18.2 Å². The van der Waals surface area contributed by atoms with E-state index in [0.717, 1.165) is 6.07 Å². The summed E-state index contributed by atoms with van der Waals surface area (Å²) in [5.41, 5.74) is 0.0119. The van der Waals surface area contributed by atoms with Crippen LogP contribution in [-0.4, -0.2) is 29.6 Å². The van der Waals surface area contributed by atoms with Gasteiger partial charge in [0.2, 0.25) is 0 Å². The Morgan fingerprint density at radius 1 is 1.22 bits per heavy atom. The maximum atomic E-state index is 13.5. The predicted molar refractivity (Wildman–Crippen MR) is 68.2 cm³/mol. The molecular weight excluding hydrogens is 236 g/mol. The van der Waals surface area contributed by atoms with Gasteiger partial charge in [0.25, 0.3) is 0 Å². The fraction of sp³-hybridized carbons (Fsp3) is 0.571. The lowest BCUT2D eigenvalue weighted by Gasteiger charge is -2.29. The maximum Gasteiger partial charge on any atom is 0.164 e. The molecule has 0 radical (unpaired) electrons. The summed E-state index contributed by atoms with van der Waals surface area (Å²) < 4.78 is 26.6. The predicted octanol–water partition coefficient (Wildman–Crippen LogP) is 2.97. The van der Waals surface area contributed by atoms with Crippen LogP contribution in [0.2, 0.25) is 0 Å². The summed E-state index contributed by atoms with van der Waals surface area (Å²) in [6, 6.07) is 4.13. The summed E-state index contributed by atoms with van der Waals surface area (Å²) in [5, 5.41) is 9.98. The Labute approximate surface area is 107 Å². The molecule has 0 aliphatic heterocycles. The molecule has 102 valence electrons. The van der Waals surface area contributed by atoms with Crippen LogP contribution in [0.1, 0.15) is 32.4 Å². The zero-order chi connectivity index (χ0) is 13.9. The van der Waals surface area contributed by atoms with Gasteiger partial charge in [0.1, 0.15) is 0 Å². The van der Waals surface area contributed by atoms with Gasteiger partial charge in [0.05, 0.1) is 6.10 Å². The van der Waals surface area contributed by atoms with Gasteiger partial charge in [-0.3, -0.25) is 0 Å². The molecule has 1 rings (SSSR count). The molecule has 4 heteroatoms. The first-order valence-electron chi connectivity index (χ1n) is 6.16. The smallest absolute Gasteiger partial charge is 0.164 e. The summed E-state index contributed by atoms with van der Waals surface area (Å²) in [6.07, 6.45) is -1.02. The third kappa shape index (κ3) is 3.50. The van der Waals surface area contributed by atoms with E-state index < -0.39 is 17.7 Å². The van der Waals surface area contributed by atoms with E-state index in [1.54, 1.807) is 0 Å². The highest BCUT2D eigenvalue weighted by molar-refractivity contribution is 5.21. The lowest BCUT2D eigenvalue weighted by atomic mass is 10.0. The molecule has 0 bridgehead atoms. The normalized spacial score (nSPS) is 15.2. The standard InChI is InChI=1S/C14H21F2NO/c1-9(2)10(3)17(4)8-13(18)11-6-5-7-12(15)14(11)16/h5-7,9-10,13,18H,8H2,1-4H3. The highest BCUT2D eigenvalue weighted by Crippen LogP contribution is 2.21. The van der Waals surface area contributed by atoms with Gasteiger partial charge in [0.15, 0.2) is 11.6 Å². The largest absolute Gasteiger partial charge is 0.387 e. The fourth-order valence-corrected chi connectivity index (χ4v) is 1.82. The lowest BCUT2D eigenvalue weighted by Crippen LogP contribution is -2.36. The summed E-state index contributed by atoms with van der Waals surface area (Å²) in [6.45, 7) is 6.48. The molecule has 1 aromatic carbocycles. The van der Waals surface area contributed by atoms with Crippen LogP contribution in [0.15, 0.2) is 18.2 Å². The Bertz CT molecular complexity index is 395. The van der Waals surface area contributed by atoms with E-state index in [1.165, 1.54) is 12.1 Å². The molecule has 0 spiro atoms. The average Bonchev–Trinajstić information content (AvgIpc) is 2.31. The number of hydrogen-bond acceptors (Lipinski definition) is 2. The lowest BCUT2D eigenvalue weighted by molar-refractivity contribution is 0.0925. The molecule has 0 fully saturated rings. The SMILES string of the molecule is CC(C)C(C)N(C)CC(O)c1cccc(F)c1F. The van der Waals surface area contributed by atoms with E-state index in [2.05, 4.69) is 13.8 Å². The molecule has 0 saturated heterocycles. The summed E-state index contributed by atoms with van der Waals surface area (Å²) in [5.74, 6) is -1.46. The van der Waals surface area contributed by atoms with Gasteiger partial charge in [-0.25, -0.2) is 8.78 Å². The van der Waals surface area contributed by atoms with Crippen LogP contribution in [-0.2, 0) is 0 Å². The van der Waals surface area contributed by atoms with E-state index in [4.69, 9.17) is 0 Å². The number of likely N-dealkylation sites (N-methyl/N-ethyl adjacent to an activating group) is 1. The number of hydrogen-bond donors (Lipinski definition) is 1. The highest BCUT2D eigenvalue weighted by atomic mass is 19.2. The van der Waals surface area contributed by atoms with Crippen molar-refractivity contribution in [1.29, 1.82) is 0 Å². The molecule has 1 aromatic rings. The first-order chi connectivity index (χ1) is 8.34. The minimum absolute atomic E-state index is 0.0119. The third-order valence-corrected chi connectivity index (χ3v) is 3.46. The molecule has 0 aliphatic rings. The van der Waals surface area contributed by atoms with Crippen LogP contribution >= 0.6 is 0 Å². The number of aliphatic hydroxyl groups is 1. The quantitative estimate of drug-likeness (QED) is 0.876. The second-order valence-electron chi connectivity index (χ2n) is 5.08. The second-order valence-corrected chi connectivity index (χ2v) is 5.08. The van der Waals surface area contributed by atoms with Crippen molar-refractivity contribution in [2.24, 2.45) is 5.92 Å². The number of nitrogens with zero attached hydrogens (tertiary/aromatic N) is 1. The van der Waals surface area contributed by atoms with Crippen molar-refractivity contribution in [2.75, 3.05) is 13.6 Å². The molecule has 2 nitrogen and oxygen atoms in total. The highest BCUT2D eigenvalue weighted by Gasteiger charge is 2.20. The fourth-order valence-electron chi connectivity index (χ4n) is 1.82. The molecule has 2 atom stereocenters. The maximum absolute atomic E-state index is 13.5. The monoisotopic (exact) mass is 257 g/mol. The summed E-state index contributed by atoms with van der Waals surface area (Å²) in [4.78, 5) is 1.94. The molecule has 0 aromatic heterocycles. The molecule has 0 aliphatic carbocycles. The van der Waals surface area contributed by atoms with Crippen molar-refractivity contribution in [2.45, 2.75) is 32.9 Å². The van der Waals surface area contributed by atoms with Crippen LogP contribution in [0.4, 0.5) is 8.78 Å². The summed E-state index contributed by atoms with van der Waals surface area (Å²) >= 11 is 0. The Balaban J connectivity index is 2.76. The first kappa shape index (κ1) is 15.1. The minimum atomic E-state index is -1.02. The molecular formula is C14H21F2NO. The Morgan fingerprint density at radius 3 is 2.39 bits per heavy atom. The molecule has 2 unspecified atom stereocenters. The number of aliphatic hydroxyl groups excluding tert-OH is 1. The molecule has 0 saturated carbocycles. The van der Waals surface area contributed by atoms with Crippen molar-refractivity contribution < 1.29 is 13.9 Å². The van der Waals surface area contributed by atoms with Gasteiger partial charge >= 0.3 is 0 Å². The van der Waals surface area contributed by atoms with Crippen molar-refractivity contribution in [3.63, 3.8) is 0 Å². The first-order valence-corrected chi connectivity index (χ1v) is 6.16. The Morgan fingerprint density at radius 2 is 1.83 bits per heavy atom. The van der Waals surface area contributed by atoms with Gasteiger partial charge in [-0.05, 0) is 26.0 Å². The number of benzene rings is 1. The average molecular weight is 257 g/mol. The zero-order valence-corrected chi connectivity index (χ0v) is 11.3. The Kier molecular flexibility index (Phi) is 5.23.